The highest BCUT2D eigenvalue weighted by Crippen LogP contribution is 2.33. The Kier molecular flexibility index (Phi) is 3.49. The molecular formula is C16H16ClFN2O. The molecule has 0 unspecified atom stereocenters. The predicted octanol–water partition coefficient (Wildman–Crippen LogP) is 3.90. The average molecular weight is 307 g/mol. The zero-order valence-corrected chi connectivity index (χ0v) is 12.7. The third-order valence-corrected chi connectivity index (χ3v) is 4.19. The Morgan fingerprint density at radius 1 is 1.43 bits per heavy atom. The van der Waals surface area contributed by atoms with Gasteiger partial charge in [-0.2, -0.15) is 0 Å². The number of H-pyrrole nitrogens is 1. The summed E-state index contributed by atoms with van der Waals surface area (Å²) in [5.41, 5.74) is 2.58. The summed E-state index contributed by atoms with van der Waals surface area (Å²) < 4.78 is 14.7. The molecule has 0 aliphatic carbocycles. The number of halogens is 2. The van der Waals surface area contributed by atoms with Gasteiger partial charge in [-0.05, 0) is 31.1 Å². The van der Waals surface area contributed by atoms with Crippen molar-refractivity contribution in [3.8, 4) is 0 Å². The minimum absolute atomic E-state index is 0.00361. The first-order valence-electron chi connectivity index (χ1n) is 6.89. The number of aryl methyl sites for hydroxylation is 1. The summed E-state index contributed by atoms with van der Waals surface area (Å²) >= 11 is 6.27. The molecule has 0 fully saturated rings. The van der Waals surface area contributed by atoms with Crippen molar-refractivity contribution in [2.45, 2.75) is 20.3 Å². The zero-order valence-electron chi connectivity index (χ0n) is 12.0. The van der Waals surface area contributed by atoms with E-state index < -0.39 is 0 Å². The smallest absolute Gasteiger partial charge is 0.219 e. The van der Waals surface area contributed by atoms with E-state index in [9.17, 15) is 9.18 Å². The first kappa shape index (κ1) is 14.1. The number of benzene rings is 1. The van der Waals surface area contributed by atoms with E-state index in [-0.39, 0.29) is 11.7 Å². The molecule has 0 radical (unpaired) electrons. The van der Waals surface area contributed by atoms with Gasteiger partial charge in [0.05, 0.1) is 10.5 Å². The maximum absolute atomic E-state index is 14.7. The Morgan fingerprint density at radius 2 is 2.19 bits per heavy atom. The fraction of sp³-hybridized carbons (Fsp3) is 0.312. The summed E-state index contributed by atoms with van der Waals surface area (Å²) in [6.07, 6.45) is 2.71. The van der Waals surface area contributed by atoms with Crippen LogP contribution in [-0.4, -0.2) is 28.9 Å². The van der Waals surface area contributed by atoms with Crippen LogP contribution >= 0.6 is 11.6 Å². The lowest BCUT2D eigenvalue weighted by Gasteiger charge is -2.26. The Balaban J connectivity index is 2.10. The number of carbonyl (C=O) groups is 1. The lowest BCUT2D eigenvalue weighted by atomic mass is 9.99. The van der Waals surface area contributed by atoms with Gasteiger partial charge in [-0.25, -0.2) is 4.39 Å². The van der Waals surface area contributed by atoms with Gasteiger partial charge in [0, 0.05) is 36.7 Å². The number of hydrogen-bond donors (Lipinski definition) is 1. The lowest BCUT2D eigenvalue weighted by Crippen LogP contribution is -2.33. The minimum Gasteiger partial charge on any atom is -0.356 e. The van der Waals surface area contributed by atoms with Crippen molar-refractivity contribution < 1.29 is 9.18 Å². The molecule has 1 aliphatic heterocycles. The number of fused-ring (bicyclic) bond motifs is 1. The number of hydrogen-bond acceptors (Lipinski definition) is 1. The maximum atomic E-state index is 14.7. The molecule has 110 valence electrons. The third-order valence-electron chi connectivity index (χ3n) is 3.88. The molecule has 1 aromatic carbocycles. The lowest BCUT2D eigenvalue weighted by molar-refractivity contribution is -0.128. The fourth-order valence-corrected chi connectivity index (χ4v) is 3.05. The number of nitrogens with one attached hydrogen (secondary N) is 1. The van der Waals surface area contributed by atoms with Crippen LogP contribution in [0.1, 0.15) is 24.6 Å². The van der Waals surface area contributed by atoms with Crippen molar-refractivity contribution >= 4 is 34.0 Å². The molecule has 2 aromatic rings. The monoisotopic (exact) mass is 306 g/mol. The van der Waals surface area contributed by atoms with Crippen molar-refractivity contribution in [2.24, 2.45) is 0 Å². The zero-order chi connectivity index (χ0) is 15.1. The molecule has 1 N–H and O–H groups in total. The SMILES string of the molecule is CC(=O)N1CCC=C(c2cc(Cl)c3cc(C)[nH]c3c2F)C1. The van der Waals surface area contributed by atoms with Crippen LogP contribution in [0.2, 0.25) is 5.02 Å². The molecule has 1 aliphatic rings. The summed E-state index contributed by atoms with van der Waals surface area (Å²) in [5, 5.41) is 1.21. The minimum atomic E-state index is -0.306. The van der Waals surface area contributed by atoms with Gasteiger partial charge in [-0.15, -0.1) is 0 Å². The Bertz CT molecular complexity index is 763. The van der Waals surface area contributed by atoms with Gasteiger partial charge in [-0.1, -0.05) is 17.7 Å². The van der Waals surface area contributed by atoms with E-state index in [2.05, 4.69) is 4.98 Å². The van der Waals surface area contributed by atoms with Gasteiger partial charge in [0.25, 0.3) is 0 Å². The van der Waals surface area contributed by atoms with E-state index in [1.807, 2.05) is 19.1 Å². The molecule has 0 atom stereocenters. The van der Waals surface area contributed by atoms with Crippen molar-refractivity contribution in [3.63, 3.8) is 0 Å². The van der Waals surface area contributed by atoms with E-state index >= 15 is 0 Å². The number of aromatic nitrogens is 1. The van der Waals surface area contributed by atoms with Gasteiger partial charge in [0.2, 0.25) is 5.91 Å². The van der Waals surface area contributed by atoms with E-state index in [4.69, 9.17) is 11.6 Å². The molecule has 3 rings (SSSR count). The molecule has 3 nitrogen and oxygen atoms in total. The first-order valence-corrected chi connectivity index (χ1v) is 7.27. The highest BCUT2D eigenvalue weighted by Gasteiger charge is 2.21. The molecule has 2 heterocycles. The number of amides is 1. The van der Waals surface area contributed by atoms with Gasteiger partial charge >= 0.3 is 0 Å². The molecule has 21 heavy (non-hydrogen) atoms. The molecule has 1 aromatic heterocycles. The predicted molar refractivity (Wildman–Crippen MR) is 82.9 cm³/mol. The fourth-order valence-electron chi connectivity index (χ4n) is 2.79. The molecular weight excluding hydrogens is 291 g/mol. The summed E-state index contributed by atoms with van der Waals surface area (Å²) in [7, 11) is 0. The molecule has 0 spiro atoms. The van der Waals surface area contributed by atoms with Crippen LogP contribution in [0.25, 0.3) is 16.5 Å². The summed E-state index contributed by atoms with van der Waals surface area (Å²) in [6, 6.07) is 3.49. The van der Waals surface area contributed by atoms with E-state index in [0.717, 1.165) is 17.7 Å². The third kappa shape index (κ3) is 2.44. The summed E-state index contributed by atoms with van der Waals surface area (Å²) in [5.74, 6) is -0.303. The van der Waals surface area contributed by atoms with Crippen LogP contribution in [0.4, 0.5) is 4.39 Å². The molecule has 0 saturated heterocycles. The van der Waals surface area contributed by atoms with Crippen LogP contribution < -0.4 is 0 Å². The van der Waals surface area contributed by atoms with Crippen molar-refractivity contribution in [1.29, 1.82) is 0 Å². The van der Waals surface area contributed by atoms with Gasteiger partial charge in [0.1, 0.15) is 0 Å². The second-order valence-electron chi connectivity index (χ2n) is 5.42. The number of nitrogens with zero attached hydrogens (tertiary/aromatic N) is 1. The van der Waals surface area contributed by atoms with Crippen molar-refractivity contribution in [1.82, 2.24) is 9.88 Å². The maximum Gasteiger partial charge on any atom is 0.219 e. The highest BCUT2D eigenvalue weighted by molar-refractivity contribution is 6.35. The first-order chi connectivity index (χ1) is 9.97. The number of carbonyl (C=O) groups excluding carboxylic acids is 1. The van der Waals surface area contributed by atoms with Gasteiger partial charge < -0.3 is 9.88 Å². The molecule has 0 saturated carbocycles. The van der Waals surface area contributed by atoms with E-state index in [0.29, 0.717) is 34.6 Å². The topological polar surface area (TPSA) is 36.1 Å². The standard InChI is InChI=1S/C16H16ClFN2O/c1-9-6-13-14(17)7-12(15(18)16(13)19-9)11-4-3-5-20(8-11)10(2)21/h4,6-7,19H,3,5,8H2,1-2H3. The quantitative estimate of drug-likeness (QED) is 0.852. The Morgan fingerprint density at radius 3 is 2.90 bits per heavy atom. The van der Waals surface area contributed by atoms with Crippen molar-refractivity contribution in [2.75, 3.05) is 13.1 Å². The molecule has 5 heteroatoms. The second-order valence-corrected chi connectivity index (χ2v) is 5.83. The Hall–Kier alpha value is -1.81. The normalized spacial score (nSPS) is 15.4. The van der Waals surface area contributed by atoms with Gasteiger partial charge in [-0.3, -0.25) is 4.79 Å². The Labute approximate surface area is 127 Å². The van der Waals surface area contributed by atoms with E-state index in [1.54, 1.807) is 11.0 Å². The average Bonchev–Trinajstić information content (AvgIpc) is 2.85. The second kappa shape index (κ2) is 5.19. The number of aromatic amines is 1. The highest BCUT2D eigenvalue weighted by atomic mass is 35.5. The van der Waals surface area contributed by atoms with Crippen LogP contribution in [0.15, 0.2) is 18.2 Å². The van der Waals surface area contributed by atoms with Crippen LogP contribution in [0.5, 0.6) is 0 Å². The summed E-state index contributed by atoms with van der Waals surface area (Å²) in [4.78, 5) is 16.2. The largest absolute Gasteiger partial charge is 0.356 e. The van der Waals surface area contributed by atoms with Gasteiger partial charge in [0.15, 0.2) is 5.82 Å². The van der Waals surface area contributed by atoms with Crippen LogP contribution in [0.3, 0.4) is 0 Å². The van der Waals surface area contributed by atoms with Crippen LogP contribution in [-0.2, 0) is 4.79 Å². The van der Waals surface area contributed by atoms with E-state index in [1.165, 1.54) is 6.92 Å². The number of rotatable bonds is 1. The molecule has 1 amide bonds. The van der Waals surface area contributed by atoms with Crippen LogP contribution in [0, 0.1) is 12.7 Å². The van der Waals surface area contributed by atoms with Crippen molar-refractivity contribution in [3.05, 3.63) is 40.3 Å². The molecule has 0 bridgehead atoms. The summed E-state index contributed by atoms with van der Waals surface area (Å²) in [6.45, 7) is 4.50.